The molecule has 0 aliphatic carbocycles. The number of pyridine rings is 1. The van der Waals surface area contributed by atoms with Gasteiger partial charge in [0, 0.05) is 25.0 Å². The zero-order chi connectivity index (χ0) is 12.6. The van der Waals surface area contributed by atoms with Gasteiger partial charge in [-0.25, -0.2) is 0 Å². The van der Waals surface area contributed by atoms with Gasteiger partial charge in [-0.3, -0.25) is 4.98 Å². The highest BCUT2D eigenvalue weighted by Crippen LogP contribution is 2.11. The summed E-state index contributed by atoms with van der Waals surface area (Å²) in [6, 6.07) is 5.01. The minimum Gasteiger partial charge on any atom is -0.314 e. The van der Waals surface area contributed by atoms with Gasteiger partial charge in [-0.15, -0.1) is 0 Å². The van der Waals surface area contributed by atoms with Gasteiger partial charge < -0.3 is 10.2 Å². The molecule has 0 aromatic carbocycles. The van der Waals surface area contributed by atoms with E-state index in [0.717, 1.165) is 19.0 Å². The molecule has 2 rings (SSSR count). The van der Waals surface area contributed by atoms with E-state index in [9.17, 15) is 0 Å². The summed E-state index contributed by atoms with van der Waals surface area (Å²) in [5.74, 6) is 0. The quantitative estimate of drug-likeness (QED) is 0.799. The van der Waals surface area contributed by atoms with Crippen molar-refractivity contribution >= 4 is 0 Å². The SMILES string of the molecule is CN(CCCC1CCCN1)CCc1ccncc1. The maximum Gasteiger partial charge on any atom is 0.0270 e. The summed E-state index contributed by atoms with van der Waals surface area (Å²) in [7, 11) is 2.23. The fraction of sp³-hybridized carbons (Fsp3) is 0.667. The van der Waals surface area contributed by atoms with E-state index < -0.39 is 0 Å². The van der Waals surface area contributed by atoms with Gasteiger partial charge in [-0.1, -0.05) is 0 Å². The van der Waals surface area contributed by atoms with Crippen LogP contribution in [0.4, 0.5) is 0 Å². The second-order valence-electron chi connectivity index (χ2n) is 5.34. The van der Waals surface area contributed by atoms with E-state index in [-0.39, 0.29) is 0 Å². The van der Waals surface area contributed by atoms with Crippen LogP contribution < -0.4 is 5.32 Å². The van der Waals surface area contributed by atoms with Gasteiger partial charge >= 0.3 is 0 Å². The molecule has 1 unspecified atom stereocenters. The smallest absolute Gasteiger partial charge is 0.0270 e. The number of hydrogen-bond acceptors (Lipinski definition) is 3. The Labute approximate surface area is 111 Å². The largest absolute Gasteiger partial charge is 0.314 e. The predicted octanol–water partition coefficient (Wildman–Crippen LogP) is 2.09. The summed E-state index contributed by atoms with van der Waals surface area (Å²) in [4.78, 5) is 6.49. The number of rotatable bonds is 7. The van der Waals surface area contributed by atoms with Crippen molar-refractivity contribution in [1.29, 1.82) is 0 Å². The number of nitrogens with one attached hydrogen (secondary N) is 1. The number of nitrogens with zero attached hydrogens (tertiary/aromatic N) is 2. The van der Waals surface area contributed by atoms with Gasteiger partial charge in [0.2, 0.25) is 0 Å². The normalized spacial score (nSPS) is 19.6. The third-order valence-corrected chi connectivity index (χ3v) is 3.79. The molecule has 1 fully saturated rings. The Bertz CT molecular complexity index is 320. The van der Waals surface area contributed by atoms with Gasteiger partial charge in [0.25, 0.3) is 0 Å². The highest BCUT2D eigenvalue weighted by molar-refractivity contribution is 5.09. The van der Waals surface area contributed by atoms with Crippen LogP contribution in [0, 0.1) is 0 Å². The molecule has 1 aromatic heterocycles. The van der Waals surface area contributed by atoms with Gasteiger partial charge in [-0.2, -0.15) is 0 Å². The first-order chi connectivity index (χ1) is 8.84. The lowest BCUT2D eigenvalue weighted by Crippen LogP contribution is -2.26. The molecule has 1 aromatic rings. The van der Waals surface area contributed by atoms with Crippen molar-refractivity contribution in [2.24, 2.45) is 0 Å². The van der Waals surface area contributed by atoms with E-state index >= 15 is 0 Å². The molecule has 2 heterocycles. The summed E-state index contributed by atoms with van der Waals surface area (Å²) < 4.78 is 0. The Kier molecular flexibility index (Phi) is 5.62. The zero-order valence-electron chi connectivity index (χ0n) is 11.4. The average molecular weight is 247 g/mol. The molecule has 0 radical (unpaired) electrons. The molecule has 0 bridgehead atoms. The lowest BCUT2D eigenvalue weighted by molar-refractivity contribution is 0.322. The number of hydrogen-bond donors (Lipinski definition) is 1. The van der Waals surface area contributed by atoms with Crippen molar-refractivity contribution in [2.75, 3.05) is 26.7 Å². The molecular formula is C15H25N3. The summed E-state index contributed by atoms with van der Waals surface area (Å²) in [6.07, 6.45) is 10.3. The molecule has 1 N–H and O–H groups in total. The van der Waals surface area contributed by atoms with Gasteiger partial charge in [0.15, 0.2) is 0 Å². The first kappa shape index (κ1) is 13.5. The highest BCUT2D eigenvalue weighted by Gasteiger charge is 2.13. The van der Waals surface area contributed by atoms with Crippen LogP contribution in [-0.2, 0) is 6.42 Å². The first-order valence-corrected chi connectivity index (χ1v) is 7.15. The predicted molar refractivity (Wildman–Crippen MR) is 75.7 cm³/mol. The van der Waals surface area contributed by atoms with E-state index in [1.807, 2.05) is 12.4 Å². The maximum absolute atomic E-state index is 4.05. The molecule has 100 valence electrons. The Morgan fingerprint density at radius 1 is 1.33 bits per heavy atom. The lowest BCUT2D eigenvalue weighted by atomic mass is 10.1. The summed E-state index contributed by atoms with van der Waals surface area (Å²) in [5, 5.41) is 3.56. The van der Waals surface area contributed by atoms with Gasteiger partial charge in [0.05, 0.1) is 0 Å². The van der Waals surface area contributed by atoms with E-state index in [1.165, 1.54) is 44.3 Å². The standard InChI is InChI=1S/C15H25N3/c1-18(12-3-5-15-4-2-9-17-15)13-8-14-6-10-16-11-7-14/h6-7,10-11,15,17H,2-5,8-9,12-13H2,1H3. The molecule has 0 spiro atoms. The molecule has 1 saturated heterocycles. The number of aromatic nitrogens is 1. The second kappa shape index (κ2) is 7.49. The van der Waals surface area contributed by atoms with Crippen molar-refractivity contribution in [3.63, 3.8) is 0 Å². The van der Waals surface area contributed by atoms with Crippen LogP contribution in [0.15, 0.2) is 24.5 Å². The third-order valence-electron chi connectivity index (χ3n) is 3.79. The Morgan fingerprint density at radius 2 is 2.17 bits per heavy atom. The lowest BCUT2D eigenvalue weighted by Gasteiger charge is -2.18. The molecule has 0 amide bonds. The molecule has 0 saturated carbocycles. The molecule has 1 aliphatic rings. The van der Waals surface area contributed by atoms with Crippen molar-refractivity contribution < 1.29 is 0 Å². The van der Waals surface area contributed by atoms with Crippen molar-refractivity contribution in [3.8, 4) is 0 Å². The third kappa shape index (κ3) is 4.75. The fourth-order valence-electron chi connectivity index (χ4n) is 2.59. The first-order valence-electron chi connectivity index (χ1n) is 7.15. The van der Waals surface area contributed by atoms with Crippen LogP contribution in [0.5, 0.6) is 0 Å². The molecule has 3 heteroatoms. The Morgan fingerprint density at radius 3 is 2.89 bits per heavy atom. The van der Waals surface area contributed by atoms with E-state index in [2.05, 4.69) is 34.4 Å². The monoisotopic (exact) mass is 247 g/mol. The van der Waals surface area contributed by atoms with Crippen molar-refractivity contribution in [1.82, 2.24) is 15.2 Å². The van der Waals surface area contributed by atoms with Crippen LogP contribution in [-0.4, -0.2) is 42.6 Å². The van der Waals surface area contributed by atoms with Crippen LogP contribution in [0.3, 0.4) is 0 Å². The minimum atomic E-state index is 0.790. The van der Waals surface area contributed by atoms with E-state index in [1.54, 1.807) is 0 Å². The van der Waals surface area contributed by atoms with Crippen LogP contribution >= 0.6 is 0 Å². The molecular weight excluding hydrogens is 222 g/mol. The summed E-state index contributed by atoms with van der Waals surface area (Å²) in [6.45, 7) is 3.58. The summed E-state index contributed by atoms with van der Waals surface area (Å²) in [5.41, 5.74) is 1.38. The Balaban J connectivity index is 1.56. The van der Waals surface area contributed by atoms with Crippen molar-refractivity contribution in [2.45, 2.75) is 38.1 Å². The van der Waals surface area contributed by atoms with Crippen molar-refractivity contribution in [3.05, 3.63) is 30.1 Å². The van der Waals surface area contributed by atoms with Crippen LogP contribution in [0.2, 0.25) is 0 Å². The highest BCUT2D eigenvalue weighted by atomic mass is 15.1. The fourth-order valence-corrected chi connectivity index (χ4v) is 2.59. The van der Waals surface area contributed by atoms with Crippen LogP contribution in [0.1, 0.15) is 31.2 Å². The second-order valence-corrected chi connectivity index (χ2v) is 5.34. The zero-order valence-corrected chi connectivity index (χ0v) is 11.4. The topological polar surface area (TPSA) is 28.2 Å². The average Bonchev–Trinajstić information content (AvgIpc) is 2.91. The van der Waals surface area contributed by atoms with Gasteiger partial charge in [0.1, 0.15) is 0 Å². The number of likely N-dealkylation sites (N-methyl/N-ethyl adjacent to an activating group) is 1. The van der Waals surface area contributed by atoms with Crippen LogP contribution in [0.25, 0.3) is 0 Å². The molecule has 1 aliphatic heterocycles. The molecule has 1 atom stereocenters. The Hall–Kier alpha value is -0.930. The minimum absolute atomic E-state index is 0.790. The van der Waals surface area contributed by atoms with E-state index in [0.29, 0.717) is 0 Å². The molecule has 18 heavy (non-hydrogen) atoms. The molecule has 3 nitrogen and oxygen atoms in total. The van der Waals surface area contributed by atoms with Gasteiger partial charge in [-0.05, 0) is 69.9 Å². The summed E-state index contributed by atoms with van der Waals surface area (Å²) >= 11 is 0. The van der Waals surface area contributed by atoms with E-state index in [4.69, 9.17) is 0 Å². The maximum atomic E-state index is 4.05.